The lowest BCUT2D eigenvalue weighted by molar-refractivity contribution is 0.102. The molecule has 3 rings (SSSR count). The number of nitriles is 1. The number of halogens is 1. The van der Waals surface area contributed by atoms with Gasteiger partial charge in [-0.05, 0) is 49.4 Å². The molecule has 0 fully saturated rings. The maximum atomic E-state index is 12.3. The average Bonchev–Trinajstić information content (AvgIpc) is 3.02. The van der Waals surface area contributed by atoms with Crippen molar-refractivity contribution in [2.45, 2.75) is 26.2 Å². The number of nitrogens with zero attached hydrogens (tertiary/aromatic N) is 1. The minimum atomic E-state index is -0.228. The van der Waals surface area contributed by atoms with Crippen LogP contribution in [-0.2, 0) is 12.8 Å². The Morgan fingerprint density at radius 2 is 2.24 bits per heavy atom. The molecule has 21 heavy (non-hydrogen) atoms. The lowest BCUT2D eigenvalue weighted by atomic mass is 10.1. The van der Waals surface area contributed by atoms with E-state index in [0.717, 1.165) is 30.4 Å². The molecule has 0 saturated carbocycles. The molecule has 1 aromatic heterocycles. The molecule has 1 amide bonds. The van der Waals surface area contributed by atoms with Crippen LogP contribution in [0, 0.1) is 18.3 Å². The highest BCUT2D eigenvalue weighted by Crippen LogP contribution is 2.38. The third-order valence-electron chi connectivity index (χ3n) is 3.69. The smallest absolute Gasteiger partial charge is 0.256 e. The Kier molecular flexibility index (Phi) is 3.71. The zero-order chi connectivity index (χ0) is 15.0. The van der Waals surface area contributed by atoms with Crippen molar-refractivity contribution in [3.05, 3.63) is 50.4 Å². The Morgan fingerprint density at radius 3 is 2.95 bits per heavy atom. The van der Waals surface area contributed by atoms with Gasteiger partial charge in [-0.25, -0.2) is 0 Å². The van der Waals surface area contributed by atoms with Crippen LogP contribution < -0.4 is 5.32 Å². The predicted octanol–water partition coefficient (Wildman–Crippen LogP) is 4.32. The average molecular weight is 317 g/mol. The molecule has 1 aliphatic rings. The SMILES string of the molecule is Cc1ccc(C(=O)Nc2sc3c(c2C#N)CCC3)cc1Cl. The molecule has 0 bridgehead atoms. The lowest BCUT2D eigenvalue weighted by Gasteiger charge is -2.05. The highest BCUT2D eigenvalue weighted by Gasteiger charge is 2.23. The van der Waals surface area contributed by atoms with E-state index >= 15 is 0 Å². The summed E-state index contributed by atoms with van der Waals surface area (Å²) in [6, 6.07) is 7.43. The summed E-state index contributed by atoms with van der Waals surface area (Å²) in [5.74, 6) is -0.228. The number of fused-ring (bicyclic) bond motifs is 1. The molecule has 0 aliphatic heterocycles. The van der Waals surface area contributed by atoms with Gasteiger partial charge in [0.25, 0.3) is 5.91 Å². The van der Waals surface area contributed by atoms with Crippen LogP contribution in [0.25, 0.3) is 0 Å². The van der Waals surface area contributed by atoms with Crippen molar-refractivity contribution in [2.75, 3.05) is 5.32 Å². The van der Waals surface area contributed by atoms with E-state index in [-0.39, 0.29) is 5.91 Å². The van der Waals surface area contributed by atoms with Gasteiger partial charge in [-0.15, -0.1) is 11.3 Å². The molecule has 1 aromatic carbocycles. The van der Waals surface area contributed by atoms with Gasteiger partial charge in [0.2, 0.25) is 0 Å². The first-order valence-electron chi connectivity index (χ1n) is 6.72. The summed E-state index contributed by atoms with van der Waals surface area (Å²) in [6.07, 6.45) is 3.03. The first-order valence-corrected chi connectivity index (χ1v) is 7.91. The fourth-order valence-electron chi connectivity index (χ4n) is 2.52. The van der Waals surface area contributed by atoms with Crippen molar-refractivity contribution in [1.82, 2.24) is 0 Å². The van der Waals surface area contributed by atoms with Crippen molar-refractivity contribution in [1.29, 1.82) is 5.26 Å². The van der Waals surface area contributed by atoms with Crippen molar-refractivity contribution in [3.63, 3.8) is 0 Å². The molecule has 3 nitrogen and oxygen atoms in total. The summed E-state index contributed by atoms with van der Waals surface area (Å²) < 4.78 is 0. The van der Waals surface area contributed by atoms with Gasteiger partial charge in [-0.2, -0.15) is 5.26 Å². The molecule has 0 atom stereocenters. The second kappa shape index (κ2) is 5.51. The third kappa shape index (κ3) is 2.55. The van der Waals surface area contributed by atoms with Crippen LogP contribution in [0.2, 0.25) is 5.02 Å². The number of carbonyl (C=O) groups is 1. The molecule has 0 saturated heterocycles. The number of amides is 1. The molecule has 5 heteroatoms. The van der Waals surface area contributed by atoms with Crippen molar-refractivity contribution < 1.29 is 4.79 Å². The normalized spacial score (nSPS) is 12.8. The number of aryl methyl sites for hydroxylation is 2. The highest BCUT2D eigenvalue weighted by molar-refractivity contribution is 7.16. The van der Waals surface area contributed by atoms with Crippen LogP contribution in [0.4, 0.5) is 5.00 Å². The van der Waals surface area contributed by atoms with Crippen molar-refractivity contribution in [3.8, 4) is 6.07 Å². The standard InChI is InChI=1S/C16H13ClN2OS/c1-9-5-6-10(7-13(9)17)15(20)19-16-12(8-18)11-3-2-4-14(11)21-16/h5-7H,2-4H2,1H3,(H,19,20). The topological polar surface area (TPSA) is 52.9 Å². The fraction of sp³-hybridized carbons (Fsp3) is 0.250. The molecular weight excluding hydrogens is 304 g/mol. The molecule has 1 aliphatic carbocycles. The maximum absolute atomic E-state index is 12.3. The van der Waals surface area contributed by atoms with E-state index in [2.05, 4.69) is 11.4 Å². The zero-order valence-corrected chi connectivity index (χ0v) is 13.1. The molecule has 1 heterocycles. The number of hydrogen-bond acceptors (Lipinski definition) is 3. The molecule has 106 valence electrons. The fourth-order valence-corrected chi connectivity index (χ4v) is 3.94. The van der Waals surface area contributed by atoms with E-state index in [9.17, 15) is 10.1 Å². The Hall–Kier alpha value is -1.83. The number of benzene rings is 1. The second-order valence-electron chi connectivity index (χ2n) is 5.09. The molecule has 1 N–H and O–H groups in total. The van der Waals surface area contributed by atoms with Gasteiger partial charge >= 0.3 is 0 Å². The van der Waals surface area contributed by atoms with Crippen LogP contribution in [0.5, 0.6) is 0 Å². The molecule has 2 aromatic rings. The van der Waals surface area contributed by atoms with Gasteiger partial charge in [0.15, 0.2) is 0 Å². The first-order chi connectivity index (χ1) is 10.1. The summed E-state index contributed by atoms with van der Waals surface area (Å²) >= 11 is 7.57. The van der Waals surface area contributed by atoms with E-state index in [1.807, 2.05) is 13.0 Å². The quantitative estimate of drug-likeness (QED) is 0.897. The summed E-state index contributed by atoms with van der Waals surface area (Å²) in [7, 11) is 0. The minimum absolute atomic E-state index is 0.228. The summed E-state index contributed by atoms with van der Waals surface area (Å²) in [5, 5.41) is 13.4. The van der Waals surface area contributed by atoms with E-state index in [0.29, 0.717) is 21.2 Å². The van der Waals surface area contributed by atoms with E-state index in [1.165, 1.54) is 16.2 Å². The number of rotatable bonds is 2. The van der Waals surface area contributed by atoms with Crippen molar-refractivity contribution >= 4 is 33.8 Å². The van der Waals surface area contributed by atoms with Gasteiger partial charge in [0.1, 0.15) is 11.1 Å². The monoisotopic (exact) mass is 316 g/mol. The van der Waals surface area contributed by atoms with Gasteiger partial charge in [0.05, 0.1) is 5.56 Å². The molecule has 0 radical (unpaired) electrons. The van der Waals surface area contributed by atoms with Gasteiger partial charge in [-0.1, -0.05) is 17.7 Å². The van der Waals surface area contributed by atoms with Gasteiger partial charge in [-0.3, -0.25) is 4.79 Å². The number of hydrogen-bond donors (Lipinski definition) is 1. The Balaban J connectivity index is 1.88. The van der Waals surface area contributed by atoms with Crippen LogP contribution >= 0.6 is 22.9 Å². The van der Waals surface area contributed by atoms with E-state index in [1.54, 1.807) is 12.1 Å². The number of nitrogens with one attached hydrogen (secondary N) is 1. The van der Waals surface area contributed by atoms with Crippen LogP contribution in [0.1, 0.15) is 38.3 Å². The zero-order valence-electron chi connectivity index (χ0n) is 11.5. The maximum Gasteiger partial charge on any atom is 0.256 e. The molecule has 0 spiro atoms. The largest absolute Gasteiger partial charge is 0.312 e. The van der Waals surface area contributed by atoms with Crippen LogP contribution in [-0.4, -0.2) is 5.91 Å². The number of thiophene rings is 1. The van der Waals surface area contributed by atoms with Crippen LogP contribution in [0.3, 0.4) is 0 Å². The minimum Gasteiger partial charge on any atom is -0.312 e. The Labute approximate surface area is 132 Å². The first kappa shape index (κ1) is 14.1. The Morgan fingerprint density at radius 1 is 1.43 bits per heavy atom. The molecular formula is C16H13ClN2OS. The number of carbonyl (C=O) groups excluding carboxylic acids is 1. The second-order valence-corrected chi connectivity index (χ2v) is 6.60. The lowest BCUT2D eigenvalue weighted by Crippen LogP contribution is -2.12. The van der Waals surface area contributed by atoms with E-state index < -0.39 is 0 Å². The summed E-state index contributed by atoms with van der Waals surface area (Å²) in [6.45, 7) is 1.89. The highest BCUT2D eigenvalue weighted by atomic mass is 35.5. The summed E-state index contributed by atoms with van der Waals surface area (Å²) in [4.78, 5) is 13.5. The molecule has 0 unspecified atom stereocenters. The summed E-state index contributed by atoms with van der Waals surface area (Å²) in [5.41, 5.74) is 3.17. The predicted molar refractivity (Wildman–Crippen MR) is 85.2 cm³/mol. The van der Waals surface area contributed by atoms with Crippen molar-refractivity contribution in [2.24, 2.45) is 0 Å². The Bertz CT molecular complexity index is 773. The third-order valence-corrected chi connectivity index (χ3v) is 5.31. The van der Waals surface area contributed by atoms with Crippen LogP contribution in [0.15, 0.2) is 18.2 Å². The van der Waals surface area contributed by atoms with Gasteiger partial charge < -0.3 is 5.32 Å². The number of anilines is 1. The van der Waals surface area contributed by atoms with Gasteiger partial charge in [0, 0.05) is 15.5 Å². The van der Waals surface area contributed by atoms with E-state index in [4.69, 9.17) is 11.6 Å².